The molecule has 2 aromatic carbocycles. The number of hydrogen-bond acceptors (Lipinski definition) is 3. The molecule has 21 heavy (non-hydrogen) atoms. The standard InChI is InChI=1S/C17H19NO3/c1-13-7-2-5-10-16(13)21-12-6-11-18-15-9-4-3-8-14(15)17(19)20/h2-5,7-10,18H,6,11-12H2,1H3,(H,19,20). The highest BCUT2D eigenvalue weighted by Gasteiger charge is 2.07. The number of aromatic carboxylic acids is 1. The van der Waals surface area contributed by atoms with E-state index in [2.05, 4.69) is 5.32 Å². The number of rotatable bonds is 7. The first-order valence-corrected chi connectivity index (χ1v) is 6.93. The predicted molar refractivity (Wildman–Crippen MR) is 83.2 cm³/mol. The molecule has 110 valence electrons. The molecule has 0 amide bonds. The maximum atomic E-state index is 11.1. The summed E-state index contributed by atoms with van der Waals surface area (Å²) >= 11 is 0. The van der Waals surface area contributed by atoms with Gasteiger partial charge in [-0.05, 0) is 37.1 Å². The van der Waals surface area contributed by atoms with Crippen molar-refractivity contribution in [3.8, 4) is 5.75 Å². The Labute approximate surface area is 124 Å². The van der Waals surface area contributed by atoms with Crippen molar-refractivity contribution in [3.05, 3.63) is 59.7 Å². The summed E-state index contributed by atoms with van der Waals surface area (Å²) in [4.78, 5) is 11.1. The summed E-state index contributed by atoms with van der Waals surface area (Å²) in [6, 6.07) is 14.8. The van der Waals surface area contributed by atoms with Gasteiger partial charge in [0, 0.05) is 12.2 Å². The molecule has 2 N–H and O–H groups in total. The number of aryl methyl sites for hydroxylation is 1. The first-order valence-electron chi connectivity index (χ1n) is 6.93. The first-order chi connectivity index (χ1) is 10.2. The van der Waals surface area contributed by atoms with E-state index in [-0.39, 0.29) is 5.56 Å². The molecule has 0 aliphatic rings. The maximum Gasteiger partial charge on any atom is 0.337 e. The van der Waals surface area contributed by atoms with Crippen molar-refractivity contribution in [2.24, 2.45) is 0 Å². The Morgan fingerprint density at radius 1 is 1.14 bits per heavy atom. The van der Waals surface area contributed by atoms with Gasteiger partial charge in [0.2, 0.25) is 0 Å². The van der Waals surface area contributed by atoms with Gasteiger partial charge in [0.15, 0.2) is 0 Å². The van der Waals surface area contributed by atoms with Gasteiger partial charge in [-0.1, -0.05) is 30.3 Å². The third kappa shape index (κ3) is 4.24. The van der Waals surface area contributed by atoms with E-state index >= 15 is 0 Å². The van der Waals surface area contributed by atoms with Crippen molar-refractivity contribution in [2.75, 3.05) is 18.5 Å². The lowest BCUT2D eigenvalue weighted by Gasteiger charge is -2.11. The first kappa shape index (κ1) is 14.9. The molecule has 0 aliphatic heterocycles. The molecule has 0 atom stereocenters. The fourth-order valence-corrected chi connectivity index (χ4v) is 2.02. The van der Waals surface area contributed by atoms with Gasteiger partial charge in [0.1, 0.15) is 5.75 Å². The summed E-state index contributed by atoms with van der Waals surface area (Å²) in [6.45, 7) is 3.26. The second kappa shape index (κ2) is 7.33. The molecule has 4 nitrogen and oxygen atoms in total. The number of carboxylic acids is 1. The Bertz CT molecular complexity index is 610. The molecule has 0 fully saturated rings. The molecule has 0 saturated heterocycles. The molecule has 0 radical (unpaired) electrons. The van der Waals surface area contributed by atoms with E-state index in [1.807, 2.05) is 37.3 Å². The van der Waals surface area contributed by atoms with Crippen molar-refractivity contribution in [1.29, 1.82) is 0 Å². The highest BCUT2D eigenvalue weighted by Crippen LogP contribution is 2.17. The van der Waals surface area contributed by atoms with Crippen LogP contribution in [0.1, 0.15) is 22.3 Å². The van der Waals surface area contributed by atoms with Crippen LogP contribution in [0.3, 0.4) is 0 Å². The molecule has 2 aromatic rings. The van der Waals surface area contributed by atoms with E-state index in [0.717, 1.165) is 17.7 Å². The van der Waals surface area contributed by atoms with Crippen LogP contribution in [-0.2, 0) is 0 Å². The number of benzene rings is 2. The van der Waals surface area contributed by atoms with Crippen LogP contribution in [0.4, 0.5) is 5.69 Å². The van der Waals surface area contributed by atoms with Crippen LogP contribution >= 0.6 is 0 Å². The van der Waals surface area contributed by atoms with Crippen LogP contribution in [-0.4, -0.2) is 24.2 Å². The van der Waals surface area contributed by atoms with E-state index in [1.165, 1.54) is 0 Å². The third-order valence-corrected chi connectivity index (χ3v) is 3.15. The Morgan fingerprint density at radius 2 is 1.86 bits per heavy atom. The molecule has 0 aliphatic carbocycles. The van der Waals surface area contributed by atoms with Crippen LogP contribution in [0, 0.1) is 6.92 Å². The van der Waals surface area contributed by atoms with Crippen LogP contribution in [0.2, 0.25) is 0 Å². The maximum absolute atomic E-state index is 11.1. The van der Waals surface area contributed by atoms with Crippen LogP contribution in [0.25, 0.3) is 0 Å². The molecule has 0 bridgehead atoms. The molecular formula is C17H19NO3. The lowest BCUT2D eigenvalue weighted by molar-refractivity contribution is 0.0698. The number of ether oxygens (including phenoxy) is 1. The summed E-state index contributed by atoms with van der Waals surface area (Å²) in [5.41, 5.74) is 2.04. The van der Waals surface area contributed by atoms with E-state index in [1.54, 1.807) is 18.2 Å². The predicted octanol–water partition coefficient (Wildman–Crippen LogP) is 3.57. The van der Waals surface area contributed by atoms with Crippen LogP contribution < -0.4 is 10.1 Å². The molecule has 0 saturated carbocycles. The summed E-state index contributed by atoms with van der Waals surface area (Å²) < 4.78 is 5.70. The minimum atomic E-state index is -0.922. The second-order valence-corrected chi connectivity index (χ2v) is 4.75. The van der Waals surface area contributed by atoms with Gasteiger partial charge in [-0.3, -0.25) is 0 Å². The van der Waals surface area contributed by atoms with Crippen molar-refractivity contribution in [3.63, 3.8) is 0 Å². The largest absolute Gasteiger partial charge is 0.493 e. The number of nitrogens with one attached hydrogen (secondary N) is 1. The van der Waals surface area contributed by atoms with Crippen molar-refractivity contribution in [2.45, 2.75) is 13.3 Å². The SMILES string of the molecule is Cc1ccccc1OCCCNc1ccccc1C(=O)O. The number of anilines is 1. The average Bonchev–Trinajstić information content (AvgIpc) is 2.49. The zero-order valence-corrected chi connectivity index (χ0v) is 12.0. The Hall–Kier alpha value is -2.49. The number of carboxylic acid groups (broad SMARTS) is 1. The number of hydrogen-bond donors (Lipinski definition) is 2. The summed E-state index contributed by atoms with van der Waals surface area (Å²) in [7, 11) is 0. The number of para-hydroxylation sites is 2. The zero-order valence-electron chi connectivity index (χ0n) is 12.0. The Kier molecular flexibility index (Phi) is 5.21. The monoisotopic (exact) mass is 285 g/mol. The van der Waals surface area contributed by atoms with E-state index in [4.69, 9.17) is 9.84 Å². The fraction of sp³-hybridized carbons (Fsp3) is 0.235. The van der Waals surface area contributed by atoms with Crippen molar-refractivity contribution in [1.82, 2.24) is 0 Å². The smallest absolute Gasteiger partial charge is 0.337 e. The normalized spacial score (nSPS) is 10.1. The quantitative estimate of drug-likeness (QED) is 0.763. The minimum Gasteiger partial charge on any atom is -0.493 e. The van der Waals surface area contributed by atoms with Gasteiger partial charge in [0.25, 0.3) is 0 Å². The zero-order chi connectivity index (χ0) is 15.1. The van der Waals surface area contributed by atoms with Crippen LogP contribution in [0.5, 0.6) is 5.75 Å². The lowest BCUT2D eigenvalue weighted by atomic mass is 10.2. The van der Waals surface area contributed by atoms with Gasteiger partial charge in [0.05, 0.1) is 12.2 Å². The molecule has 0 unspecified atom stereocenters. The third-order valence-electron chi connectivity index (χ3n) is 3.15. The summed E-state index contributed by atoms with van der Waals surface area (Å²) in [5, 5.41) is 12.2. The van der Waals surface area contributed by atoms with E-state index in [9.17, 15) is 4.79 Å². The highest BCUT2D eigenvalue weighted by atomic mass is 16.5. The average molecular weight is 285 g/mol. The van der Waals surface area contributed by atoms with E-state index in [0.29, 0.717) is 18.8 Å². The Balaban J connectivity index is 1.78. The lowest BCUT2D eigenvalue weighted by Crippen LogP contribution is -2.10. The summed E-state index contributed by atoms with van der Waals surface area (Å²) in [5.74, 6) is -0.0299. The number of carbonyl (C=O) groups is 1. The van der Waals surface area contributed by atoms with Gasteiger partial charge >= 0.3 is 5.97 Å². The van der Waals surface area contributed by atoms with Gasteiger partial charge in [-0.2, -0.15) is 0 Å². The van der Waals surface area contributed by atoms with Crippen molar-refractivity contribution < 1.29 is 14.6 Å². The van der Waals surface area contributed by atoms with E-state index < -0.39 is 5.97 Å². The van der Waals surface area contributed by atoms with Gasteiger partial charge < -0.3 is 15.2 Å². The molecule has 4 heteroatoms. The molecular weight excluding hydrogens is 266 g/mol. The fourth-order valence-electron chi connectivity index (χ4n) is 2.02. The van der Waals surface area contributed by atoms with Crippen molar-refractivity contribution >= 4 is 11.7 Å². The van der Waals surface area contributed by atoms with Gasteiger partial charge in [-0.25, -0.2) is 4.79 Å². The second-order valence-electron chi connectivity index (χ2n) is 4.75. The van der Waals surface area contributed by atoms with Gasteiger partial charge in [-0.15, -0.1) is 0 Å². The Morgan fingerprint density at radius 3 is 2.62 bits per heavy atom. The molecule has 2 rings (SSSR count). The highest BCUT2D eigenvalue weighted by molar-refractivity contribution is 5.94. The van der Waals surface area contributed by atoms with Crippen LogP contribution in [0.15, 0.2) is 48.5 Å². The molecule has 0 spiro atoms. The molecule has 0 aromatic heterocycles. The minimum absolute atomic E-state index is 0.289. The molecule has 0 heterocycles. The topological polar surface area (TPSA) is 58.6 Å². The summed E-state index contributed by atoms with van der Waals surface area (Å²) in [6.07, 6.45) is 0.794.